The number of thiazole rings is 1. The number of likely N-dealkylation sites (N-methyl/N-ethyl adjacent to an activating group) is 1. The third-order valence-corrected chi connectivity index (χ3v) is 9.42. The maximum absolute atomic E-state index is 13.4. The van der Waals surface area contributed by atoms with Crippen molar-refractivity contribution < 1.29 is 19.1 Å². The van der Waals surface area contributed by atoms with E-state index in [1.165, 1.54) is 11.3 Å². The molecule has 3 atom stereocenters. The first kappa shape index (κ1) is 27.2. The molecule has 0 spiro atoms. The van der Waals surface area contributed by atoms with Crippen molar-refractivity contribution in [3.63, 3.8) is 0 Å². The Morgan fingerprint density at radius 3 is 2.70 bits per heavy atom. The van der Waals surface area contributed by atoms with Gasteiger partial charge in [-0.3, -0.25) is 14.4 Å². The number of nitrogens with zero attached hydrogens (tertiary/aromatic N) is 3. The van der Waals surface area contributed by atoms with Crippen LogP contribution in [-0.4, -0.2) is 89.5 Å². The molecule has 1 saturated heterocycles. The van der Waals surface area contributed by atoms with E-state index in [2.05, 4.69) is 32.5 Å². The number of hydrogen-bond donors (Lipinski definition) is 3. The Morgan fingerprint density at radius 2 is 1.88 bits per heavy atom. The van der Waals surface area contributed by atoms with Gasteiger partial charge in [-0.25, -0.2) is 4.98 Å². The number of ether oxygens (including phenoxy) is 1. The zero-order valence-electron chi connectivity index (χ0n) is 22.4. The highest BCUT2D eigenvalue weighted by molar-refractivity contribution is 7.13. The van der Waals surface area contributed by atoms with Crippen LogP contribution in [0.15, 0.2) is 24.3 Å². The lowest BCUT2D eigenvalue weighted by molar-refractivity contribution is -0.141. The normalized spacial score (nSPS) is 23.6. The lowest BCUT2D eigenvalue weighted by Gasteiger charge is -2.38. The van der Waals surface area contributed by atoms with Crippen LogP contribution in [0, 0.1) is 5.92 Å². The predicted octanol–water partition coefficient (Wildman–Crippen LogP) is 2.82. The molecule has 1 saturated carbocycles. The van der Waals surface area contributed by atoms with Gasteiger partial charge >= 0.3 is 0 Å². The maximum Gasteiger partial charge on any atom is 0.280 e. The fraction of sp³-hybridized carbons (Fsp3) is 0.500. The minimum absolute atomic E-state index is 0.0903. The van der Waals surface area contributed by atoms with E-state index < -0.39 is 6.04 Å². The SMILES string of the molecule is CN1CCc2nc(C(=O)NC3C[C@@H](C(=O)N4CCOCC4)CC[C@@H]3NC(=O)c3cc4cc(Cl)ccc4[nH]3)sc2C1. The average molecular weight is 585 g/mol. The summed E-state index contributed by atoms with van der Waals surface area (Å²) in [7, 11) is 2.06. The standard InChI is InChI=1S/C28H33ClN6O4S/c1-34-7-6-21-24(15-34)40-27(33-21)26(37)32-22-13-16(28(38)35-8-10-39-11-9-35)2-4-20(22)31-25(36)23-14-17-12-18(29)3-5-19(17)30-23/h3,5,12,14,16,20,22,30H,2,4,6-11,13,15H2,1H3,(H,31,36)(H,32,37)/t16-,20-,22?/m0/s1. The number of halogens is 1. The van der Waals surface area contributed by atoms with Crippen LogP contribution in [0.4, 0.5) is 0 Å². The smallest absolute Gasteiger partial charge is 0.280 e. The Morgan fingerprint density at radius 1 is 1.07 bits per heavy atom. The molecule has 10 nitrogen and oxygen atoms in total. The van der Waals surface area contributed by atoms with Crippen LogP contribution in [0.25, 0.3) is 10.9 Å². The molecule has 1 aromatic carbocycles. The number of carbonyl (C=O) groups is 3. The lowest BCUT2D eigenvalue weighted by atomic mass is 9.81. The van der Waals surface area contributed by atoms with Crippen molar-refractivity contribution in [2.45, 2.75) is 44.3 Å². The molecule has 6 rings (SSSR count). The van der Waals surface area contributed by atoms with E-state index >= 15 is 0 Å². The van der Waals surface area contributed by atoms with Crippen LogP contribution in [0.1, 0.15) is 50.1 Å². The largest absolute Gasteiger partial charge is 0.378 e. The first-order chi connectivity index (χ1) is 19.3. The molecule has 12 heteroatoms. The van der Waals surface area contributed by atoms with E-state index in [0.717, 1.165) is 41.0 Å². The number of aromatic amines is 1. The molecule has 4 heterocycles. The summed E-state index contributed by atoms with van der Waals surface area (Å²) in [6.45, 7) is 3.94. The monoisotopic (exact) mass is 584 g/mol. The summed E-state index contributed by atoms with van der Waals surface area (Å²) in [6.07, 6.45) is 2.48. The van der Waals surface area contributed by atoms with Crippen molar-refractivity contribution in [1.29, 1.82) is 0 Å². The van der Waals surface area contributed by atoms with Crippen LogP contribution in [0.5, 0.6) is 0 Å². The van der Waals surface area contributed by atoms with E-state index in [9.17, 15) is 14.4 Å². The van der Waals surface area contributed by atoms with E-state index in [-0.39, 0.29) is 29.7 Å². The number of amides is 3. The van der Waals surface area contributed by atoms with Crippen molar-refractivity contribution in [2.24, 2.45) is 5.92 Å². The van der Waals surface area contributed by atoms with Gasteiger partial charge < -0.3 is 30.2 Å². The van der Waals surface area contributed by atoms with Crippen molar-refractivity contribution in [3.05, 3.63) is 50.6 Å². The Balaban J connectivity index is 1.20. The molecule has 1 aliphatic carbocycles. The Hall–Kier alpha value is -2.99. The second-order valence-corrected chi connectivity index (χ2v) is 12.4. The first-order valence-corrected chi connectivity index (χ1v) is 15.0. The Kier molecular flexibility index (Phi) is 7.80. The van der Waals surface area contributed by atoms with Gasteiger partial charge in [0.25, 0.3) is 11.8 Å². The summed E-state index contributed by atoms with van der Waals surface area (Å²) in [5.41, 5.74) is 2.23. The highest BCUT2D eigenvalue weighted by Gasteiger charge is 2.38. The molecule has 0 bridgehead atoms. The summed E-state index contributed by atoms with van der Waals surface area (Å²) in [5, 5.41) is 8.14. The van der Waals surface area contributed by atoms with Crippen molar-refractivity contribution in [1.82, 2.24) is 30.4 Å². The van der Waals surface area contributed by atoms with Gasteiger partial charge in [-0.1, -0.05) is 11.6 Å². The number of hydrogen-bond acceptors (Lipinski definition) is 7. The van der Waals surface area contributed by atoms with Crippen molar-refractivity contribution in [3.8, 4) is 0 Å². The molecule has 1 unspecified atom stereocenters. The molecular weight excluding hydrogens is 552 g/mol. The number of benzene rings is 1. The van der Waals surface area contributed by atoms with Crippen LogP contribution >= 0.6 is 22.9 Å². The van der Waals surface area contributed by atoms with Gasteiger partial charge in [-0.2, -0.15) is 0 Å². The Labute approximate surface area is 241 Å². The summed E-state index contributed by atoms with van der Waals surface area (Å²) in [6, 6.07) is 6.44. The summed E-state index contributed by atoms with van der Waals surface area (Å²) >= 11 is 7.54. The van der Waals surface area contributed by atoms with Gasteiger partial charge in [-0.15, -0.1) is 11.3 Å². The molecule has 2 aliphatic heterocycles. The molecular formula is C28H33ClN6O4S. The molecule has 3 aromatic rings. The van der Waals surface area contributed by atoms with Crippen molar-refractivity contribution >= 4 is 51.6 Å². The van der Waals surface area contributed by atoms with E-state index in [0.29, 0.717) is 61.3 Å². The van der Waals surface area contributed by atoms with Crippen LogP contribution < -0.4 is 10.6 Å². The summed E-state index contributed by atoms with van der Waals surface area (Å²) in [5.74, 6) is -0.661. The molecule has 3 amide bonds. The maximum atomic E-state index is 13.4. The number of nitrogens with one attached hydrogen (secondary N) is 3. The third-order valence-electron chi connectivity index (χ3n) is 8.10. The molecule has 0 radical (unpaired) electrons. The van der Waals surface area contributed by atoms with Crippen LogP contribution in [0.2, 0.25) is 5.02 Å². The number of morpholine rings is 1. The highest BCUT2D eigenvalue weighted by atomic mass is 35.5. The zero-order valence-corrected chi connectivity index (χ0v) is 23.9. The number of fused-ring (bicyclic) bond motifs is 2. The van der Waals surface area contributed by atoms with Gasteiger partial charge in [0.1, 0.15) is 5.69 Å². The van der Waals surface area contributed by atoms with Crippen LogP contribution in [0.3, 0.4) is 0 Å². The number of aromatic nitrogens is 2. The molecule has 2 aromatic heterocycles. The zero-order chi connectivity index (χ0) is 27.8. The second kappa shape index (κ2) is 11.5. The van der Waals surface area contributed by atoms with Gasteiger partial charge in [0, 0.05) is 65.4 Å². The topological polar surface area (TPSA) is 120 Å². The van der Waals surface area contributed by atoms with E-state index in [1.54, 1.807) is 18.2 Å². The fourth-order valence-electron chi connectivity index (χ4n) is 5.89. The summed E-state index contributed by atoms with van der Waals surface area (Å²) < 4.78 is 5.41. The van der Waals surface area contributed by atoms with Gasteiger partial charge in [0.15, 0.2) is 5.01 Å². The lowest BCUT2D eigenvalue weighted by Crippen LogP contribution is -2.56. The predicted molar refractivity (Wildman–Crippen MR) is 153 cm³/mol. The Bertz CT molecular complexity index is 1430. The highest BCUT2D eigenvalue weighted by Crippen LogP contribution is 2.29. The van der Waals surface area contributed by atoms with Crippen LogP contribution in [-0.2, 0) is 22.5 Å². The third kappa shape index (κ3) is 5.74. The van der Waals surface area contributed by atoms with Gasteiger partial charge in [0.05, 0.1) is 24.9 Å². The minimum atomic E-state index is -0.414. The average Bonchev–Trinajstić information content (AvgIpc) is 3.58. The molecule has 3 N–H and O–H groups in total. The van der Waals surface area contributed by atoms with Crippen molar-refractivity contribution in [2.75, 3.05) is 39.9 Å². The number of rotatable bonds is 5. The van der Waals surface area contributed by atoms with Gasteiger partial charge in [0.2, 0.25) is 5.91 Å². The molecule has 40 heavy (non-hydrogen) atoms. The van der Waals surface area contributed by atoms with E-state index in [4.69, 9.17) is 16.3 Å². The first-order valence-electron chi connectivity index (χ1n) is 13.8. The van der Waals surface area contributed by atoms with E-state index in [1.807, 2.05) is 11.0 Å². The number of carbonyl (C=O) groups excluding carboxylic acids is 3. The second-order valence-electron chi connectivity index (χ2n) is 10.9. The summed E-state index contributed by atoms with van der Waals surface area (Å²) in [4.78, 5) is 53.0. The molecule has 212 valence electrons. The quantitative estimate of drug-likeness (QED) is 0.424. The fourth-order valence-corrected chi connectivity index (χ4v) is 7.16. The minimum Gasteiger partial charge on any atom is -0.378 e. The molecule has 3 aliphatic rings. The number of H-pyrrole nitrogens is 1. The van der Waals surface area contributed by atoms with Gasteiger partial charge in [-0.05, 0) is 50.6 Å². The molecule has 2 fully saturated rings.